The van der Waals surface area contributed by atoms with Crippen molar-refractivity contribution in [2.75, 3.05) is 14.2 Å². The summed E-state index contributed by atoms with van der Waals surface area (Å²) in [6.07, 6.45) is -12.9. The highest BCUT2D eigenvalue weighted by molar-refractivity contribution is 5.80. The van der Waals surface area contributed by atoms with Crippen LogP contribution in [0.5, 0.6) is 0 Å². The standard InChI is InChI=1S/C7H9F6NO2/c1-14(16-2)6(15)4(8)3(5(9)10)7(11,12)13/h3-5H,1-2H3. The molecule has 0 bridgehead atoms. The van der Waals surface area contributed by atoms with Crippen LogP contribution in [-0.4, -0.2) is 43.9 Å². The van der Waals surface area contributed by atoms with Crippen molar-refractivity contribution in [3.8, 4) is 0 Å². The maximum atomic E-state index is 13.0. The summed E-state index contributed by atoms with van der Waals surface area (Å²) < 4.78 is 73.0. The molecule has 0 aromatic carbocycles. The number of nitrogens with zero attached hydrogens (tertiary/aromatic N) is 1. The van der Waals surface area contributed by atoms with Crippen molar-refractivity contribution >= 4 is 5.91 Å². The molecule has 0 rings (SSSR count). The SMILES string of the molecule is CON(C)C(=O)C(F)C(C(F)F)C(F)(F)F. The van der Waals surface area contributed by atoms with Gasteiger partial charge in [-0.05, 0) is 0 Å². The van der Waals surface area contributed by atoms with Gasteiger partial charge in [0.25, 0.3) is 12.3 Å². The lowest BCUT2D eigenvalue weighted by atomic mass is 10.0. The van der Waals surface area contributed by atoms with Gasteiger partial charge in [0.2, 0.25) is 0 Å². The number of alkyl halides is 6. The fourth-order valence-electron chi connectivity index (χ4n) is 0.854. The maximum Gasteiger partial charge on any atom is 0.400 e. The average molecular weight is 253 g/mol. The van der Waals surface area contributed by atoms with Crippen molar-refractivity contribution in [3.63, 3.8) is 0 Å². The fraction of sp³-hybridized carbons (Fsp3) is 0.857. The first-order chi connectivity index (χ1) is 7.12. The quantitative estimate of drug-likeness (QED) is 0.564. The van der Waals surface area contributed by atoms with Crippen molar-refractivity contribution in [1.82, 2.24) is 5.06 Å². The number of carbonyl (C=O) groups is 1. The topological polar surface area (TPSA) is 29.5 Å². The number of hydrogen-bond donors (Lipinski definition) is 0. The Morgan fingerprint density at radius 2 is 1.69 bits per heavy atom. The van der Waals surface area contributed by atoms with Gasteiger partial charge in [-0.15, -0.1) is 0 Å². The third-order valence-electron chi connectivity index (χ3n) is 1.78. The zero-order valence-corrected chi connectivity index (χ0v) is 8.26. The summed E-state index contributed by atoms with van der Waals surface area (Å²) in [7, 11) is 1.70. The van der Waals surface area contributed by atoms with E-state index in [1.807, 2.05) is 0 Å². The number of hydroxylamine groups is 2. The van der Waals surface area contributed by atoms with Crippen LogP contribution < -0.4 is 0 Å². The minimum absolute atomic E-state index is 0.117. The Morgan fingerprint density at radius 1 is 1.25 bits per heavy atom. The lowest BCUT2D eigenvalue weighted by Gasteiger charge is -2.24. The summed E-state index contributed by atoms with van der Waals surface area (Å²) in [5.74, 6) is -5.47. The van der Waals surface area contributed by atoms with Crippen LogP contribution >= 0.6 is 0 Å². The van der Waals surface area contributed by atoms with Crippen molar-refractivity contribution in [2.45, 2.75) is 18.8 Å². The highest BCUT2D eigenvalue weighted by Crippen LogP contribution is 2.35. The molecule has 2 atom stereocenters. The Balaban J connectivity index is 4.90. The summed E-state index contributed by atoms with van der Waals surface area (Å²) in [5, 5.41) is 0.117. The molecular formula is C7H9F6NO2. The van der Waals surface area contributed by atoms with Gasteiger partial charge in [0, 0.05) is 7.05 Å². The Kier molecular flexibility index (Phi) is 5.04. The molecule has 0 heterocycles. The van der Waals surface area contributed by atoms with Gasteiger partial charge in [-0.25, -0.2) is 18.2 Å². The van der Waals surface area contributed by atoms with E-state index in [0.717, 1.165) is 14.2 Å². The van der Waals surface area contributed by atoms with E-state index in [-0.39, 0.29) is 5.06 Å². The maximum absolute atomic E-state index is 13.0. The van der Waals surface area contributed by atoms with Gasteiger partial charge < -0.3 is 0 Å². The van der Waals surface area contributed by atoms with E-state index in [9.17, 15) is 31.1 Å². The van der Waals surface area contributed by atoms with Gasteiger partial charge in [0.1, 0.15) is 0 Å². The smallest absolute Gasteiger partial charge is 0.274 e. The first-order valence-corrected chi connectivity index (χ1v) is 3.93. The Hall–Kier alpha value is -0.990. The van der Waals surface area contributed by atoms with Crippen LogP contribution in [-0.2, 0) is 9.63 Å². The van der Waals surface area contributed by atoms with E-state index < -0.39 is 30.6 Å². The third-order valence-corrected chi connectivity index (χ3v) is 1.78. The van der Waals surface area contributed by atoms with Crippen LogP contribution in [0, 0.1) is 5.92 Å². The Labute approximate surface area is 86.9 Å². The average Bonchev–Trinajstić information content (AvgIpc) is 2.12. The number of hydrogen-bond acceptors (Lipinski definition) is 2. The Bertz CT molecular complexity index is 244. The molecule has 0 aromatic heterocycles. The molecule has 9 heteroatoms. The minimum atomic E-state index is -5.50. The lowest BCUT2D eigenvalue weighted by molar-refractivity contribution is -0.232. The molecule has 0 aliphatic rings. The largest absolute Gasteiger partial charge is 0.400 e. The van der Waals surface area contributed by atoms with Crippen LogP contribution in [0.15, 0.2) is 0 Å². The van der Waals surface area contributed by atoms with E-state index in [0.29, 0.717) is 0 Å². The molecule has 0 saturated carbocycles. The zero-order chi connectivity index (χ0) is 13.1. The molecule has 3 nitrogen and oxygen atoms in total. The van der Waals surface area contributed by atoms with Crippen molar-refractivity contribution in [2.24, 2.45) is 5.92 Å². The second-order valence-electron chi connectivity index (χ2n) is 2.82. The monoisotopic (exact) mass is 253 g/mol. The van der Waals surface area contributed by atoms with E-state index >= 15 is 0 Å². The van der Waals surface area contributed by atoms with Crippen LogP contribution in [0.3, 0.4) is 0 Å². The van der Waals surface area contributed by atoms with E-state index in [2.05, 4.69) is 4.84 Å². The molecule has 0 fully saturated rings. The van der Waals surface area contributed by atoms with Crippen LogP contribution in [0.2, 0.25) is 0 Å². The van der Waals surface area contributed by atoms with Crippen LogP contribution in [0.1, 0.15) is 0 Å². The molecule has 0 aromatic rings. The van der Waals surface area contributed by atoms with E-state index in [1.165, 1.54) is 0 Å². The Morgan fingerprint density at radius 3 is 1.94 bits per heavy atom. The normalized spacial score (nSPS) is 16.1. The highest BCUT2D eigenvalue weighted by Gasteiger charge is 2.54. The summed E-state index contributed by atoms with van der Waals surface area (Å²) in [6, 6.07) is 0. The summed E-state index contributed by atoms with van der Waals surface area (Å²) in [6.45, 7) is 0. The minimum Gasteiger partial charge on any atom is -0.274 e. The lowest BCUT2D eigenvalue weighted by Crippen LogP contribution is -2.46. The molecule has 0 aliphatic heterocycles. The predicted octanol–water partition coefficient (Wildman–Crippen LogP) is 1.79. The summed E-state index contributed by atoms with van der Waals surface area (Å²) >= 11 is 0. The van der Waals surface area contributed by atoms with Gasteiger partial charge >= 0.3 is 6.18 Å². The number of amides is 1. The number of halogens is 6. The molecular weight excluding hydrogens is 244 g/mol. The van der Waals surface area contributed by atoms with Gasteiger partial charge in [-0.3, -0.25) is 9.63 Å². The first-order valence-electron chi connectivity index (χ1n) is 3.93. The second-order valence-corrected chi connectivity index (χ2v) is 2.82. The summed E-state index contributed by atoms with van der Waals surface area (Å²) in [5.41, 5.74) is 0. The number of rotatable bonds is 4. The third kappa shape index (κ3) is 3.54. The molecule has 0 spiro atoms. The van der Waals surface area contributed by atoms with Crippen molar-refractivity contribution in [1.29, 1.82) is 0 Å². The molecule has 0 aliphatic carbocycles. The first kappa shape index (κ1) is 15.0. The zero-order valence-electron chi connectivity index (χ0n) is 8.26. The fourth-order valence-corrected chi connectivity index (χ4v) is 0.854. The van der Waals surface area contributed by atoms with Crippen molar-refractivity contribution < 1.29 is 36.0 Å². The molecule has 0 radical (unpaired) electrons. The number of carbonyl (C=O) groups excluding carboxylic acids is 1. The van der Waals surface area contributed by atoms with Crippen LogP contribution in [0.4, 0.5) is 26.3 Å². The second kappa shape index (κ2) is 5.37. The molecule has 0 saturated heterocycles. The van der Waals surface area contributed by atoms with Crippen molar-refractivity contribution in [3.05, 3.63) is 0 Å². The predicted molar refractivity (Wildman–Crippen MR) is 40.2 cm³/mol. The van der Waals surface area contributed by atoms with Gasteiger partial charge in [-0.1, -0.05) is 0 Å². The highest BCUT2D eigenvalue weighted by atomic mass is 19.4. The van der Waals surface area contributed by atoms with Gasteiger partial charge in [0.15, 0.2) is 12.1 Å². The molecule has 2 unspecified atom stereocenters. The van der Waals surface area contributed by atoms with E-state index in [1.54, 1.807) is 0 Å². The van der Waals surface area contributed by atoms with Gasteiger partial charge in [0.05, 0.1) is 7.11 Å². The molecule has 16 heavy (non-hydrogen) atoms. The summed E-state index contributed by atoms with van der Waals surface area (Å²) in [4.78, 5) is 15.0. The van der Waals surface area contributed by atoms with Gasteiger partial charge in [-0.2, -0.15) is 13.2 Å². The molecule has 1 amide bonds. The molecule has 96 valence electrons. The molecule has 0 N–H and O–H groups in total. The van der Waals surface area contributed by atoms with Crippen LogP contribution in [0.25, 0.3) is 0 Å². The van der Waals surface area contributed by atoms with E-state index in [4.69, 9.17) is 0 Å².